The molecule has 4 rings (SSSR count). The van der Waals surface area contributed by atoms with E-state index in [0.717, 1.165) is 35.9 Å². The third-order valence-electron chi connectivity index (χ3n) is 6.12. The van der Waals surface area contributed by atoms with Crippen molar-refractivity contribution in [3.63, 3.8) is 0 Å². The number of nitrogens with zero attached hydrogens (tertiary/aromatic N) is 5. The molecule has 2 N–H and O–H groups in total. The number of rotatable bonds is 8. The standard InChI is InChI=1S/C30H31F3N6OS/c1-21(2)26-7-3-4-8-27(26)39-17-5-6-18-41-29(39)38-37-19-22-9-11-23(12-10-22)28(34)36-20-35-24-13-15-25(16-14-24)40-30(31,32)33/h3-4,7-16,19-21H,5-6,17-18H2,1-2H3,(H2,34,35,36)/b37-19+,38-29-. The lowest BCUT2D eigenvalue weighted by Gasteiger charge is -2.26. The molecule has 1 saturated heterocycles. The average Bonchev–Trinajstić information content (AvgIpc) is 3.19. The molecule has 0 amide bonds. The molecule has 3 aromatic rings. The number of halogens is 3. The molecule has 1 fully saturated rings. The monoisotopic (exact) mass is 580 g/mol. The second kappa shape index (κ2) is 14.0. The van der Waals surface area contributed by atoms with E-state index in [1.165, 1.54) is 41.9 Å². The van der Waals surface area contributed by atoms with E-state index in [2.05, 4.69) is 67.9 Å². The van der Waals surface area contributed by atoms with Gasteiger partial charge >= 0.3 is 6.36 Å². The number of hydrogen-bond donors (Lipinski definition) is 1. The number of ether oxygens (including phenoxy) is 1. The molecule has 0 spiro atoms. The minimum Gasteiger partial charge on any atom is -0.406 e. The highest BCUT2D eigenvalue weighted by atomic mass is 32.2. The van der Waals surface area contributed by atoms with E-state index in [9.17, 15) is 13.2 Å². The molecule has 1 aliphatic heterocycles. The van der Waals surface area contributed by atoms with Crippen LogP contribution in [0.15, 0.2) is 93.0 Å². The zero-order valence-electron chi connectivity index (χ0n) is 22.8. The van der Waals surface area contributed by atoms with E-state index in [4.69, 9.17) is 5.73 Å². The summed E-state index contributed by atoms with van der Waals surface area (Å²) in [6.07, 6.45) is 0.435. The first-order chi connectivity index (χ1) is 19.7. The quantitative estimate of drug-likeness (QED) is 0.170. The van der Waals surface area contributed by atoms with Gasteiger partial charge in [-0.3, -0.25) is 0 Å². The number of anilines is 1. The zero-order chi connectivity index (χ0) is 29.2. The number of thioether (sulfide) groups is 1. The minimum atomic E-state index is -4.74. The zero-order valence-corrected chi connectivity index (χ0v) is 23.6. The van der Waals surface area contributed by atoms with Crippen LogP contribution in [0.1, 0.15) is 49.3 Å². The van der Waals surface area contributed by atoms with Crippen molar-refractivity contribution in [1.82, 2.24) is 0 Å². The first-order valence-electron chi connectivity index (χ1n) is 13.1. The van der Waals surface area contributed by atoms with Crippen LogP contribution in [0.5, 0.6) is 5.75 Å². The Labute approximate surface area is 241 Å². The maximum atomic E-state index is 12.3. The first-order valence-corrected chi connectivity index (χ1v) is 14.1. The Morgan fingerprint density at radius 1 is 1.00 bits per heavy atom. The number of para-hydroxylation sites is 1. The van der Waals surface area contributed by atoms with Crippen molar-refractivity contribution < 1.29 is 17.9 Å². The Bertz CT molecular complexity index is 1420. The average molecular weight is 581 g/mol. The van der Waals surface area contributed by atoms with Gasteiger partial charge in [0, 0.05) is 23.5 Å². The molecule has 0 bridgehead atoms. The van der Waals surface area contributed by atoms with Gasteiger partial charge < -0.3 is 15.4 Å². The number of alkyl halides is 3. The second-order valence-electron chi connectivity index (χ2n) is 9.47. The summed E-state index contributed by atoms with van der Waals surface area (Å²) < 4.78 is 40.7. The lowest BCUT2D eigenvalue weighted by molar-refractivity contribution is -0.274. The van der Waals surface area contributed by atoms with Gasteiger partial charge in [0.25, 0.3) is 0 Å². The molecule has 3 aromatic carbocycles. The van der Waals surface area contributed by atoms with E-state index < -0.39 is 6.36 Å². The summed E-state index contributed by atoms with van der Waals surface area (Å²) in [6.45, 7) is 5.30. The van der Waals surface area contributed by atoms with Crippen molar-refractivity contribution in [3.8, 4) is 5.75 Å². The molecule has 41 heavy (non-hydrogen) atoms. The van der Waals surface area contributed by atoms with E-state index in [1.54, 1.807) is 18.0 Å². The Morgan fingerprint density at radius 3 is 2.44 bits per heavy atom. The first kappa shape index (κ1) is 29.9. The molecule has 0 aromatic heterocycles. The summed E-state index contributed by atoms with van der Waals surface area (Å²) in [6, 6.07) is 20.9. The maximum absolute atomic E-state index is 12.3. The third kappa shape index (κ3) is 8.94. The Hall–Kier alpha value is -4.12. The second-order valence-corrected chi connectivity index (χ2v) is 10.5. The number of hydrogen-bond acceptors (Lipinski definition) is 5. The fourth-order valence-corrected chi connectivity index (χ4v) is 5.07. The van der Waals surface area contributed by atoms with E-state index in [1.807, 2.05) is 24.3 Å². The summed E-state index contributed by atoms with van der Waals surface area (Å²) in [4.78, 5) is 10.5. The van der Waals surface area contributed by atoms with Crippen LogP contribution in [-0.4, -0.2) is 42.2 Å². The summed E-state index contributed by atoms with van der Waals surface area (Å²) >= 11 is 1.72. The van der Waals surface area contributed by atoms with Gasteiger partial charge in [0.15, 0.2) is 5.17 Å². The Balaban J connectivity index is 1.41. The summed E-state index contributed by atoms with van der Waals surface area (Å²) in [5, 5.41) is 9.87. The fourth-order valence-electron chi connectivity index (χ4n) is 4.09. The summed E-state index contributed by atoms with van der Waals surface area (Å²) in [5.74, 6) is 1.32. The van der Waals surface area contributed by atoms with Gasteiger partial charge in [-0.05, 0) is 60.2 Å². The van der Waals surface area contributed by atoms with E-state index in [0.29, 0.717) is 17.2 Å². The minimum absolute atomic E-state index is 0.240. The molecule has 1 heterocycles. The lowest BCUT2D eigenvalue weighted by Crippen LogP contribution is -2.29. The van der Waals surface area contributed by atoms with Crippen LogP contribution in [0.3, 0.4) is 0 Å². The third-order valence-corrected chi connectivity index (χ3v) is 7.17. The molecule has 0 saturated carbocycles. The van der Waals surface area contributed by atoms with Gasteiger partial charge in [-0.1, -0.05) is 68.1 Å². The van der Waals surface area contributed by atoms with Crippen molar-refractivity contribution >= 4 is 46.7 Å². The lowest BCUT2D eigenvalue weighted by atomic mass is 10.0. The van der Waals surface area contributed by atoms with Gasteiger partial charge in [0.1, 0.15) is 17.9 Å². The molecule has 11 heteroatoms. The molecular weight excluding hydrogens is 549 g/mol. The van der Waals surface area contributed by atoms with Gasteiger partial charge in [-0.2, -0.15) is 5.10 Å². The largest absolute Gasteiger partial charge is 0.573 e. The molecular formula is C30H31F3N6OS. The van der Waals surface area contributed by atoms with Crippen LogP contribution in [0.25, 0.3) is 0 Å². The molecule has 7 nitrogen and oxygen atoms in total. The van der Waals surface area contributed by atoms with Crippen LogP contribution >= 0.6 is 11.8 Å². The van der Waals surface area contributed by atoms with Crippen LogP contribution in [0.4, 0.5) is 24.5 Å². The highest BCUT2D eigenvalue weighted by Crippen LogP contribution is 2.31. The number of nitrogens with two attached hydrogens (primary N) is 1. The highest BCUT2D eigenvalue weighted by molar-refractivity contribution is 8.14. The predicted molar refractivity (Wildman–Crippen MR) is 163 cm³/mol. The van der Waals surface area contributed by atoms with Crippen LogP contribution in [-0.2, 0) is 0 Å². The Morgan fingerprint density at radius 2 is 1.73 bits per heavy atom. The molecule has 1 aliphatic rings. The molecule has 214 valence electrons. The molecule has 0 unspecified atom stereocenters. The summed E-state index contributed by atoms with van der Waals surface area (Å²) in [5.41, 5.74) is 10.5. The van der Waals surface area contributed by atoms with E-state index >= 15 is 0 Å². The normalized spacial score (nSPS) is 16.2. The van der Waals surface area contributed by atoms with Gasteiger partial charge in [0.05, 0.1) is 11.9 Å². The van der Waals surface area contributed by atoms with Gasteiger partial charge in [-0.25, -0.2) is 9.98 Å². The number of aliphatic imine (C=N–C) groups is 2. The highest BCUT2D eigenvalue weighted by Gasteiger charge is 2.31. The maximum Gasteiger partial charge on any atom is 0.573 e. The predicted octanol–water partition coefficient (Wildman–Crippen LogP) is 7.50. The van der Waals surface area contributed by atoms with Crippen molar-refractivity contribution in [2.24, 2.45) is 25.9 Å². The van der Waals surface area contributed by atoms with Gasteiger partial charge in [0.2, 0.25) is 0 Å². The Kier molecular flexibility index (Phi) is 10.2. The smallest absolute Gasteiger partial charge is 0.406 e. The SMILES string of the molecule is CC(C)c1ccccc1N1CCCCS/C1=N\N=C\c1ccc(C(N)=NC=Nc2ccc(OC(F)(F)F)cc2)cc1. The van der Waals surface area contributed by atoms with Crippen molar-refractivity contribution in [2.45, 2.75) is 39.0 Å². The number of amidine groups is 2. The van der Waals surface area contributed by atoms with Crippen molar-refractivity contribution in [2.75, 3.05) is 17.2 Å². The van der Waals surface area contributed by atoms with Crippen molar-refractivity contribution in [3.05, 3.63) is 89.5 Å². The molecule has 0 aliphatic carbocycles. The van der Waals surface area contributed by atoms with Crippen LogP contribution in [0.2, 0.25) is 0 Å². The number of benzene rings is 3. The fraction of sp³-hybridized carbons (Fsp3) is 0.267. The van der Waals surface area contributed by atoms with Crippen molar-refractivity contribution in [1.29, 1.82) is 0 Å². The summed E-state index contributed by atoms with van der Waals surface area (Å²) in [7, 11) is 0. The molecule has 0 atom stereocenters. The van der Waals surface area contributed by atoms with Gasteiger partial charge in [-0.15, -0.1) is 18.3 Å². The van der Waals surface area contributed by atoms with Crippen LogP contribution in [0, 0.1) is 0 Å². The topological polar surface area (TPSA) is 87.9 Å². The molecule has 0 radical (unpaired) electrons. The van der Waals surface area contributed by atoms with Crippen LogP contribution < -0.4 is 15.4 Å². The van der Waals surface area contributed by atoms with E-state index in [-0.39, 0.29) is 11.6 Å².